The molecule has 4 heterocycles. The van der Waals surface area contributed by atoms with Crippen molar-refractivity contribution < 1.29 is 9.47 Å². The molecule has 0 aliphatic carbocycles. The van der Waals surface area contributed by atoms with Gasteiger partial charge >= 0.3 is 5.56 Å². The second-order valence-corrected chi connectivity index (χ2v) is 10.1. The third-order valence-electron chi connectivity index (χ3n) is 7.79. The van der Waals surface area contributed by atoms with E-state index in [1.54, 1.807) is 14.2 Å². The van der Waals surface area contributed by atoms with Gasteiger partial charge in [-0.15, -0.1) is 5.10 Å². The van der Waals surface area contributed by atoms with Gasteiger partial charge in [-0.3, -0.25) is 15.3 Å². The van der Waals surface area contributed by atoms with Crippen molar-refractivity contribution in [2.75, 3.05) is 31.1 Å². The van der Waals surface area contributed by atoms with Crippen molar-refractivity contribution in [1.29, 1.82) is 5.26 Å². The summed E-state index contributed by atoms with van der Waals surface area (Å²) >= 11 is 0. The SMILES string of the molecule is COc1cc2c(cc1OC)C1=C(C#N)C(c3ccccc3)c3c(ncn4[nH]c(=O)/c(=N\Nc5ccccc5)nc34)N1CC2. The standard InChI is InChI=1S/C32H26N8O3/c1-42-24-15-20-13-14-39-28(22(20)16-25(24)43-2)23(17-33)26(19-9-5-3-6-10-19)27-30(39)34-18-40-31(27)35-29(32(41)38-40)37-36-21-11-7-4-8-12-21/h3-12,15-16,18,26,36H,13-14H2,1-2H3,(H,38,41)/b37-29+. The number of allylic oxidation sites excluding steroid dienone is 1. The summed E-state index contributed by atoms with van der Waals surface area (Å²) in [5.74, 6) is 1.35. The molecule has 0 fully saturated rings. The number of hydrogen-bond acceptors (Lipinski definition) is 9. The topological polar surface area (TPSA) is 133 Å². The van der Waals surface area contributed by atoms with Crippen LogP contribution in [0, 0.1) is 11.3 Å². The molecule has 1 atom stereocenters. The van der Waals surface area contributed by atoms with Crippen LogP contribution in [0.15, 0.2) is 94.6 Å². The smallest absolute Gasteiger partial charge is 0.309 e. The van der Waals surface area contributed by atoms with E-state index in [-0.39, 0.29) is 5.49 Å². The van der Waals surface area contributed by atoms with Crippen LogP contribution in [-0.4, -0.2) is 40.3 Å². The largest absolute Gasteiger partial charge is 0.493 e. The number of aromatic nitrogens is 4. The van der Waals surface area contributed by atoms with Crippen LogP contribution in [0.4, 0.5) is 11.5 Å². The number of fused-ring (bicyclic) bond motifs is 7. The number of para-hydroxylation sites is 1. The fourth-order valence-electron chi connectivity index (χ4n) is 5.87. The molecule has 2 aromatic heterocycles. The lowest BCUT2D eigenvalue weighted by molar-refractivity contribution is 0.354. The molecule has 1 unspecified atom stereocenters. The molecule has 0 bridgehead atoms. The number of nitrogens with zero attached hydrogens (tertiary/aromatic N) is 6. The lowest BCUT2D eigenvalue weighted by atomic mass is 9.78. The Morgan fingerprint density at radius 3 is 2.49 bits per heavy atom. The van der Waals surface area contributed by atoms with Crippen LogP contribution in [0.3, 0.4) is 0 Å². The molecule has 11 nitrogen and oxygen atoms in total. The van der Waals surface area contributed by atoms with E-state index in [9.17, 15) is 10.1 Å². The Morgan fingerprint density at radius 1 is 1.05 bits per heavy atom. The minimum absolute atomic E-state index is 0.0434. The van der Waals surface area contributed by atoms with E-state index >= 15 is 0 Å². The average Bonchev–Trinajstić information content (AvgIpc) is 3.06. The van der Waals surface area contributed by atoms with Gasteiger partial charge < -0.3 is 14.4 Å². The van der Waals surface area contributed by atoms with Crippen molar-refractivity contribution in [3.63, 3.8) is 0 Å². The molecule has 2 aliphatic heterocycles. The maximum Gasteiger partial charge on any atom is 0.309 e. The molecular formula is C32H26N8O3. The van der Waals surface area contributed by atoms with Gasteiger partial charge in [0.1, 0.15) is 12.1 Å². The van der Waals surface area contributed by atoms with Gasteiger partial charge in [0, 0.05) is 12.1 Å². The van der Waals surface area contributed by atoms with Crippen molar-refractivity contribution in [2.45, 2.75) is 12.3 Å². The van der Waals surface area contributed by atoms with Gasteiger partial charge in [-0.25, -0.2) is 14.5 Å². The van der Waals surface area contributed by atoms with Crippen LogP contribution in [-0.2, 0) is 6.42 Å². The van der Waals surface area contributed by atoms with Crippen molar-refractivity contribution in [1.82, 2.24) is 19.6 Å². The van der Waals surface area contributed by atoms with E-state index in [1.165, 1.54) is 10.8 Å². The van der Waals surface area contributed by atoms with Crippen LogP contribution in [0.2, 0.25) is 0 Å². The first-order chi connectivity index (χ1) is 21.1. The van der Waals surface area contributed by atoms with Gasteiger partial charge in [0.15, 0.2) is 17.1 Å². The van der Waals surface area contributed by atoms with E-state index in [0.717, 1.165) is 22.4 Å². The summed E-state index contributed by atoms with van der Waals surface area (Å²) in [7, 11) is 3.21. The predicted octanol–water partition coefficient (Wildman–Crippen LogP) is 3.81. The number of ether oxygens (including phenoxy) is 2. The fourth-order valence-corrected chi connectivity index (χ4v) is 5.87. The number of rotatable bonds is 5. The highest BCUT2D eigenvalue weighted by molar-refractivity contribution is 5.93. The average molecular weight is 571 g/mol. The summed E-state index contributed by atoms with van der Waals surface area (Å²) in [6, 6.07) is 25.5. The molecule has 3 aromatic carbocycles. The Labute approximate surface area is 246 Å². The van der Waals surface area contributed by atoms with Crippen molar-refractivity contribution >= 4 is 22.8 Å². The molecule has 0 amide bonds. The molecule has 43 heavy (non-hydrogen) atoms. The first kappa shape index (κ1) is 26.0. The van der Waals surface area contributed by atoms with Gasteiger partial charge in [-0.05, 0) is 41.8 Å². The van der Waals surface area contributed by atoms with Crippen LogP contribution in [0.1, 0.15) is 28.2 Å². The summed E-state index contributed by atoms with van der Waals surface area (Å²) in [6.45, 7) is 0.580. The van der Waals surface area contributed by atoms with Gasteiger partial charge in [-0.2, -0.15) is 5.26 Å². The summed E-state index contributed by atoms with van der Waals surface area (Å²) in [5.41, 5.74) is 8.37. The number of anilines is 2. The number of hydrogen-bond donors (Lipinski definition) is 2. The third-order valence-corrected chi connectivity index (χ3v) is 7.79. The van der Waals surface area contributed by atoms with E-state index in [2.05, 4.69) is 26.6 Å². The minimum atomic E-state index is -0.525. The zero-order valence-electron chi connectivity index (χ0n) is 23.4. The summed E-state index contributed by atoms with van der Waals surface area (Å²) in [4.78, 5) is 24.6. The first-order valence-corrected chi connectivity index (χ1v) is 13.7. The van der Waals surface area contributed by atoms with Crippen LogP contribution < -0.4 is 30.8 Å². The predicted molar refractivity (Wildman–Crippen MR) is 161 cm³/mol. The molecule has 2 N–H and O–H groups in total. The van der Waals surface area contributed by atoms with E-state index < -0.39 is 11.5 Å². The molecule has 0 saturated heterocycles. The van der Waals surface area contributed by atoms with E-state index in [0.29, 0.717) is 52.8 Å². The zero-order chi connectivity index (χ0) is 29.5. The quantitative estimate of drug-likeness (QED) is 0.305. The maximum absolute atomic E-state index is 13.0. The van der Waals surface area contributed by atoms with E-state index in [4.69, 9.17) is 19.4 Å². The minimum Gasteiger partial charge on any atom is -0.493 e. The number of nitrogens with one attached hydrogen (secondary N) is 2. The lowest BCUT2D eigenvalue weighted by Gasteiger charge is -2.40. The van der Waals surface area contributed by atoms with Crippen LogP contribution >= 0.6 is 0 Å². The molecule has 5 aromatic rings. The van der Waals surface area contributed by atoms with Crippen molar-refractivity contribution in [2.24, 2.45) is 5.10 Å². The normalized spacial score (nSPS) is 15.8. The van der Waals surface area contributed by atoms with Crippen molar-refractivity contribution in [3.8, 4) is 17.6 Å². The number of aromatic amines is 1. The molecule has 2 aliphatic rings. The van der Waals surface area contributed by atoms with Crippen LogP contribution in [0.5, 0.6) is 11.5 Å². The first-order valence-electron chi connectivity index (χ1n) is 13.7. The highest BCUT2D eigenvalue weighted by Crippen LogP contribution is 2.50. The summed E-state index contributed by atoms with van der Waals surface area (Å²) in [5, 5.41) is 17.9. The molecular weight excluding hydrogens is 544 g/mol. The number of H-pyrrole nitrogens is 1. The van der Waals surface area contributed by atoms with E-state index in [1.807, 2.05) is 72.8 Å². The number of nitriles is 1. The highest BCUT2D eigenvalue weighted by Gasteiger charge is 2.40. The molecule has 0 radical (unpaired) electrons. The Hall–Kier alpha value is -5.89. The summed E-state index contributed by atoms with van der Waals surface area (Å²) < 4.78 is 12.7. The third kappa shape index (κ3) is 4.28. The molecule has 0 spiro atoms. The second-order valence-electron chi connectivity index (χ2n) is 10.1. The Bertz CT molecular complexity index is 2080. The van der Waals surface area contributed by atoms with Crippen LogP contribution in [0.25, 0.3) is 11.3 Å². The number of methoxy groups -OCH3 is 2. The van der Waals surface area contributed by atoms with Gasteiger partial charge in [0.2, 0.25) is 5.49 Å². The second kappa shape index (κ2) is 10.5. The monoisotopic (exact) mass is 570 g/mol. The Balaban J connectivity index is 1.51. The maximum atomic E-state index is 13.0. The Kier molecular flexibility index (Phi) is 6.36. The van der Waals surface area contributed by atoms with Crippen molar-refractivity contribution in [3.05, 3.63) is 123 Å². The fraction of sp³-hybridized carbons (Fsp3) is 0.156. The van der Waals surface area contributed by atoms with Gasteiger partial charge in [-0.1, -0.05) is 48.5 Å². The number of benzene rings is 3. The Morgan fingerprint density at radius 2 is 1.77 bits per heavy atom. The molecule has 212 valence electrons. The highest BCUT2D eigenvalue weighted by atomic mass is 16.5. The molecule has 11 heteroatoms. The molecule has 0 saturated carbocycles. The molecule has 7 rings (SSSR count). The van der Waals surface area contributed by atoms with Gasteiger partial charge in [0.25, 0.3) is 0 Å². The zero-order valence-corrected chi connectivity index (χ0v) is 23.4. The van der Waals surface area contributed by atoms with Gasteiger partial charge in [0.05, 0.1) is 48.7 Å². The summed E-state index contributed by atoms with van der Waals surface area (Å²) in [6.07, 6.45) is 2.24. The lowest BCUT2D eigenvalue weighted by Crippen LogP contribution is -2.38.